The summed E-state index contributed by atoms with van der Waals surface area (Å²) in [7, 11) is 0. The Labute approximate surface area is 300 Å². The van der Waals surface area contributed by atoms with E-state index in [4.69, 9.17) is 23.7 Å². The molecule has 0 radical (unpaired) electrons. The standard InChI is InChI=1S/C36H28F9NO8/c1-20(46-18-25(47)19-50-26-8-2-5-22(15-26)34(37,38)39)13-21-11-12-29-30(14-21)54-33(53-29,31(48)51-27-9-3-6-23(16-27)35(40,41)42)32(49)52-28-10-4-7-24(17-28)36(43,44)45/h2-12,14-17,20,25,46-47H,13,18-19H2,1H3. The van der Waals surface area contributed by atoms with E-state index in [2.05, 4.69) is 5.32 Å². The molecule has 2 atom stereocenters. The molecule has 2 unspecified atom stereocenters. The number of esters is 2. The summed E-state index contributed by atoms with van der Waals surface area (Å²) < 4.78 is 145. The highest BCUT2D eigenvalue weighted by atomic mass is 19.4. The normalized spacial score (nSPS) is 14.9. The first-order valence-electron chi connectivity index (χ1n) is 15.7. The Morgan fingerprint density at radius 2 is 1.15 bits per heavy atom. The van der Waals surface area contributed by atoms with Crippen LogP contribution in [0.25, 0.3) is 0 Å². The zero-order valence-electron chi connectivity index (χ0n) is 27.6. The highest BCUT2D eigenvalue weighted by molar-refractivity contribution is 6.05. The van der Waals surface area contributed by atoms with E-state index in [9.17, 15) is 54.2 Å². The molecule has 5 rings (SSSR count). The van der Waals surface area contributed by atoms with Gasteiger partial charge >= 0.3 is 36.3 Å². The van der Waals surface area contributed by atoms with E-state index in [1.165, 1.54) is 30.3 Å². The lowest BCUT2D eigenvalue weighted by Crippen LogP contribution is -2.58. The van der Waals surface area contributed by atoms with Crippen LogP contribution >= 0.6 is 0 Å². The van der Waals surface area contributed by atoms with Gasteiger partial charge in [-0.2, -0.15) is 39.5 Å². The van der Waals surface area contributed by atoms with Gasteiger partial charge in [0, 0.05) is 12.6 Å². The molecule has 18 heteroatoms. The van der Waals surface area contributed by atoms with Gasteiger partial charge in [0.05, 0.1) is 16.7 Å². The zero-order valence-corrected chi connectivity index (χ0v) is 27.6. The van der Waals surface area contributed by atoms with Gasteiger partial charge in [0.25, 0.3) is 0 Å². The van der Waals surface area contributed by atoms with Crippen molar-refractivity contribution in [3.05, 3.63) is 113 Å². The Balaban J connectivity index is 1.28. The molecule has 0 aliphatic carbocycles. The van der Waals surface area contributed by atoms with Crippen LogP contribution in [0.5, 0.6) is 28.7 Å². The number of carbonyl (C=O) groups excluding carboxylic acids is 2. The van der Waals surface area contributed by atoms with Crippen LogP contribution < -0.4 is 29.0 Å². The molecule has 4 aromatic rings. The van der Waals surface area contributed by atoms with Gasteiger partial charge in [-0.15, -0.1) is 0 Å². The second-order valence-corrected chi connectivity index (χ2v) is 11.9. The number of ether oxygens (including phenoxy) is 5. The largest absolute Gasteiger partial charge is 0.491 e. The Hall–Kier alpha value is -5.49. The van der Waals surface area contributed by atoms with Crippen molar-refractivity contribution in [1.82, 2.24) is 5.32 Å². The lowest BCUT2D eigenvalue weighted by molar-refractivity contribution is -0.190. The number of rotatable bonds is 12. The number of benzene rings is 4. The first kappa shape index (κ1) is 39.7. The molecule has 9 nitrogen and oxygen atoms in total. The van der Waals surface area contributed by atoms with Gasteiger partial charge < -0.3 is 34.1 Å². The molecule has 0 saturated heterocycles. The second kappa shape index (κ2) is 15.5. The van der Waals surface area contributed by atoms with Gasteiger partial charge in [-0.05, 0) is 85.6 Å². The third-order valence-electron chi connectivity index (χ3n) is 7.64. The minimum absolute atomic E-state index is 0.0451. The Bertz CT molecular complexity index is 1910. The van der Waals surface area contributed by atoms with Gasteiger partial charge in [-0.1, -0.05) is 24.3 Å². The molecular formula is C36H28F9NO8. The maximum atomic E-state index is 13.5. The third kappa shape index (κ3) is 9.73. The van der Waals surface area contributed by atoms with Gasteiger partial charge in [0.2, 0.25) is 0 Å². The molecule has 0 spiro atoms. The number of halogens is 9. The summed E-state index contributed by atoms with van der Waals surface area (Å²) >= 11 is 0. The molecule has 1 heterocycles. The van der Waals surface area contributed by atoms with Crippen LogP contribution in [-0.4, -0.2) is 48.1 Å². The number of nitrogens with one attached hydrogen (secondary N) is 1. The zero-order chi connectivity index (χ0) is 39.5. The minimum atomic E-state index is -4.83. The summed E-state index contributed by atoms with van der Waals surface area (Å²) in [5, 5.41) is 13.3. The van der Waals surface area contributed by atoms with Crippen LogP contribution in [0.4, 0.5) is 39.5 Å². The van der Waals surface area contributed by atoms with Crippen LogP contribution in [0.3, 0.4) is 0 Å². The summed E-state index contributed by atoms with van der Waals surface area (Å²) in [4.78, 5) is 27.0. The smallest absolute Gasteiger partial charge is 0.454 e. The third-order valence-corrected chi connectivity index (χ3v) is 7.64. The van der Waals surface area contributed by atoms with Crippen LogP contribution in [-0.2, 0) is 34.5 Å². The average molecular weight is 774 g/mol. The van der Waals surface area contributed by atoms with E-state index in [-0.39, 0.29) is 42.9 Å². The summed E-state index contributed by atoms with van der Waals surface area (Å²) in [5.74, 6) is -8.53. The monoisotopic (exact) mass is 773 g/mol. The van der Waals surface area contributed by atoms with Crippen molar-refractivity contribution in [2.24, 2.45) is 0 Å². The molecule has 0 saturated carbocycles. The van der Waals surface area contributed by atoms with Gasteiger partial charge in [0.1, 0.15) is 30.0 Å². The molecular weight excluding hydrogens is 745 g/mol. The maximum absolute atomic E-state index is 13.5. The van der Waals surface area contributed by atoms with Crippen molar-refractivity contribution in [1.29, 1.82) is 0 Å². The topological polar surface area (TPSA) is 113 Å². The quantitative estimate of drug-likeness (QED) is 0.0660. The second-order valence-electron chi connectivity index (χ2n) is 11.9. The summed E-state index contributed by atoms with van der Waals surface area (Å²) in [6.07, 6.45) is -15.2. The van der Waals surface area contributed by atoms with Gasteiger partial charge in [-0.25, -0.2) is 9.59 Å². The molecule has 2 N–H and O–H groups in total. The van der Waals surface area contributed by atoms with Crippen molar-refractivity contribution in [3.8, 4) is 28.7 Å². The van der Waals surface area contributed by atoms with Crippen molar-refractivity contribution in [2.75, 3.05) is 13.2 Å². The van der Waals surface area contributed by atoms with E-state index in [1.807, 2.05) is 0 Å². The molecule has 1 aliphatic rings. The molecule has 1 aliphatic heterocycles. The lowest BCUT2D eigenvalue weighted by atomic mass is 10.1. The molecule has 0 amide bonds. The van der Waals surface area contributed by atoms with Crippen molar-refractivity contribution >= 4 is 11.9 Å². The number of fused-ring (bicyclic) bond motifs is 1. The maximum Gasteiger partial charge on any atom is 0.454 e. The van der Waals surface area contributed by atoms with E-state index in [1.54, 1.807) is 6.92 Å². The molecule has 0 bridgehead atoms. The van der Waals surface area contributed by atoms with E-state index >= 15 is 0 Å². The fourth-order valence-electron chi connectivity index (χ4n) is 5.02. The summed E-state index contributed by atoms with van der Waals surface area (Å²) in [5.41, 5.74) is -2.82. The molecule has 54 heavy (non-hydrogen) atoms. The SMILES string of the molecule is CC(Cc1ccc2c(c1)OC(C(=O)Oc1cccc(C(F)(F)F)c1)(C(=O)Oc1cccc(C(F)(F)F)c1)O2)NCC(O)COc1cccc(C(F)(F)F)c1. The van der Waals surface area contributed by atoms with Crippen LogP contribution in [0.15, 0.2) is 91.0 Å². The van der Waals surface area contributed by atoms with E-state index in [0.29, 0.717) is 29.8 Å². The van der Waals surface area contributed by atoms with Crippen LogP contribution in [0.2, 0.25) is 0 Å². The van der Waals surface area contributed by atoms with E-state index < -0.39 is 70.5 Å². The minimum Gasteiger partial charge on any atom is -0.491 e. The highest BCUT2D eigenvalue weighted by Crippen LogP contribution is 2.42. The van der Waals surface area contributed by atoms with Gasteiger partial charge in [0.15, 0.2) is 11.5 Å². The lowest BCUT2D eigenvalue weighted by Gasteiger charge is -2.23. The van der Waals surface area contributed by atoms with Crippen molar-refractivity contribution in [2.45, 2.75) is 49.8 Å². The first-order chi connectivity index (χ1) is 25.2. The highest BCUT2D eigenvalue weighted by Gasteiger charge is 2.60. The molecule has 0 aromatic heterocycles. The summed E-state index contributed by atoms with van der Waals surface area (Å²) in [6, 6.07) is 14.0. The van der Waals surface area contributed by atoms with E-state index in [0.717, 1.165) is 36.4 Å². The first-order valence-corrected chi connectivity index (χ1v) is 15.7. The average Bonchev–Trinajstić information content (AvgIpc) is 3.50. The number of alkyl halides is 9. The number of aliphatic hydroxyl groups is 1. The Morgan fingerprint density at radius 1 is 0.685 bits per heavy atom. The number of aliphatic hydroxyl groups excluding tert-OH is 1. The fourth-order valence-corrected chi connectivity index (χ4v) is 5.02. The molecule has 288 valence electrons. The van der Waals surface area contributed by atoms with Gasteiger partial charge in [-0.3, -0.25) is 0 Å². The van der Waals surface area contributed by atoms with Crippen LogP contribution in [0.1, 0.15) is 29.2 Å². The van der Waals surface area contributed by atoms with Crippen molar-refractivity contribution in [3.63, 3.8) is 0 Å². The predicted molar refractivity (Wildman–Crippen MR) is 169 cm³/mol. The Kier molecular flexibility index (Phi) is 11.4. The molecule has 0 fully saturated rings. The fraction of sp³-hybridized carbons (Fsp3) is 0.278. The number of carbonyl (C=O) groups is 2. The summed E-state index contributed by atoms with van der Waals surface area (Å²) in [6.45, 7) is 1.34. The molecule has 4 aromatic carbocycles. The number of hydrogen-bond acceptors (Lipinski definition) is 9. The van der Waals surface area contributed by atoms with Crippen molar-refractivity contribution < 1.29 is 77.9 Å². The predicted octanol–water partition coefficient (Wildman–Crippen LogP) is 7.38. The Morgan fingerprint density at radius 3 is 1.65 bits per heavy atom. The van der Waals surface area contributed by atoms with Crippen LogP contribution in [0, 0.1) is 0 Å². The number of hydrogen-bond donors (Lipinski definition) is 2.